The fourth-order valence-corrected chi connectivity index (χ4v) is 3.71. The van der Waals surface area contributed by atoms with Gasteiger partial charge in [-0.1, -0.05) is 58.4 Å². The molecule has 0 bridgehead atoms. The number of carbonyl (C=O) groups excluding carboxylic acids is 1. The number of nitrogens with zero attached hydrogens (tertiary/aromatic N) is 1. The maximum absolute atomic E-state index is 12.5. The fourth-order valence-electron chi connectivity index (χ4n) is 3.06. The van der Waals surface area contributed by atoms with Gasteiger partial charge in [0.1, 0.15) is 0 Å². The predicted octanol–water partition coefficient (Wildman–Crippen LogP) is 4.02. The van der Waals surface area contributed by atoms with Crippen LogP contribution in [0.5, 0.6) is 0 Å². The van der Waals surface area contributed by atoms with Crippen LogP contribution in [0.3, 0.4) is 0 Å². The molecule has 1 fully saturated rings. The second kappa shape index (κ2) is 6.61. The minimum Gasteiger partial charge on any atom is -0.342 e. The molecule has 3 heteroatoms. The zero-order valence-corrected chi connectivity index (χ0v) is 13.7. The molecule has 2 aromatic carbocycles. The van der Waals surface area contributed by atoms with E-state index in [-0.39, 0.29) is 5.91 Å². The lowest BCUT2D eigenvalue weighted by Gasteiger charge is -2.31. The van der Waals surface area contributed by atoms with Crippen molar-refractivity contribution in [1.29, 1.82) is 0 Å². The van der Waals surface area contributed by atoms with Crippen molar-refractivity contribution in [3.63, 3.8) is 0 Å². The molecule has 110 valence electrons. The molecule has 1 saturated heterocycles. The van der Waals surface area contributed by atoms with Crippen LogP contribution in [0.1, 0.15) is 18.4 Å². The van der Waals surface area contributed by atoms with E-state index in [4.69, 9.17) is 0 Å². The molecular formula is C18H20BrNO. The third-order valence-corrected chi connectivity index (χ3v) is 5.32. The number of piperidine rings is 1. The number of carbonyl (C=O) groups is 1. The van der Waals surface area contributed by atoms with Crippen molar-refractivity contribution in [1.82, 2.24) is 4.90 Å². The summed E-state index contributed by atoms with van der Waals surface area (Å²) in [6.07, 6.45) is 2.75. The largest absolute Gasteiger partial charge is 0.342 e. The van der Waals surface area contributed by atoms with E-state index in [9.17, 15) is 4.79 Å². The lowest BCUT2D eigenvalue weighted by molar-refractivity contribution is -0.131. The van der Waals surface area contributed by atoms with E-state index >= 15 is 0 Å². The van der Waals surface area contributed by atoms with Gasteiger partial charge >= 0.3 is 0 Å². The average molecular weight is 346 g/mol. The number of likely N-dealkylation sites (tertiary alicyclic amines) is 1. The van der Waals surface area contributed by atoms with E-state index in [1.165, 1.54) is 10.8 Å². The highest BCUT2D eigenvalue weighted by atomic mass is 79.9. The Balaban J connectivity index is 1.72. The Bertz CT molecular complexity index is 627. The molecule has 1 aliphatic rings. The number of amides is 1. The Hall–Kier alpha value is -1.35. The van der Waals surface area contributed by atoms with E-state index in [2.05, 4.69) is 40.2 Å². The zero-order valence-electron chi connectivity index (χ0n) is 12.1. The maximum atomic E-state index is 12.5. The van der Waals surface area contributed by atoms with Crippen LogP contribution in [0.15, 0.2) is 42.5 Å². The van der Waals surface area contributed by atoms with Gasteiger partial charge in [0.25, 0.3) is 0 Å². The number of fused-ring (bicyclic) bond motifs is 1. The molecule has 1 heterocycles. The van der Waals surface area contributed by atoms with Crippen LogP contribution in [0.2, 0.25) is 0 Å². The highest BCUT2D eigenvalue weighted by molar-refractivity contribution is 9.09. The quantitative estimate of drug-likeness (QED) is 0.769. The summed E-state index contributed by atoms with van der Waals surface area (Å²) in [5.74, 6) is 0.992. The summed E-state index contributed by atoms with van der Waals surface area (Å²) in [6.45, 7) is 1.81. The van der Waals surface area contributed by atoms with Crippen LogP contribution in [0.25, 0.3) is 10.8 Å². The van der Waals surface area contributed by atoms with E-state index in [1.807, 2.05) is 23.1 Å². The lowest BCUT2D eigenvalue weighted by Crippen LogP contribution is -2.39. The van der Waals surface area contributed by atoms with Crippen LogP contribution in [0.4, 0.5) is 0 Å². The van der Waals surface area contributed by atoms with Gasteiger partial charge in [-0.2, -0.15) is 0 Å². The second-order valence-electron chi connectivity index (χ2n) is 5.79. The molecule has 1 amide bonds. The molecule has 0 N–H and O–H groups in total. The Morgan fingerprint density at radius 2 is 1.81 bits per heavy atom. The topological polar surface area (TPSA) is 20.3 Å². The Morgan fingerprint density at radius 3 is 2.57 bits per heavy atom. The zero-order chi connectivity index (χ0) is 14.7. The minimum atomic E-state index is 0.263. The molecule has 0 aromatic heterocycles. The normalized spacial score (nSPS) is 16.3. The molecule has 0 spiro atoms. The number of benzene rings is 2. The summed E-state index contributed by atoms with van der Waals surface area (Å²) in [6, 6.07) is 14.5. The van der Waals surface area contributed by atoms with Gasteiger partial charge in [-0.25, -0.2) is 0 Å². The third kappa shape index (κ3) is 3.29. The molecule has 0 saturated carbocycles. The molecule has 2 aromatic rings. The Morgan fingerprint density at radius 1 is 1.10 bits per heavy atom. The van der Waals surface area contributed by atoms with Crippen molar-refractivity contribution in [2.45, 2.75) is 19.3 Å². The van der Waals surface area contributed by atoms with E-state index in [1.54, 1.807) is 0 Å². The van der Waals surface area contributed by atoms with Crippen molar-refractivity contribution in [3.8, 4) is 0 Å². The van der Waals surface area contributed by atoms with Crippen molar-refractivity contribution >= 4 is 32.6 Å². The monoisotopic (exact) mass is 345 g/mol. The van der Waals surface area contributed by atoms with Gasteiger partial charge in [0.05, 0.1) is 6.42 Å². The van der Waals surface area contributed by atoms with Crippen LogP contribution < -0.4 is 0 Å². The molecule has 0 unspecified atom stereocenters. The summed E-state index contributed by atoms with van der Waals surface area (Å²) < 4.78 is 0. The van der Waals surface area contributed by atoms with E-state index < -0.39 is 0 Å². The number of hydrogen-bond donors (Lipinski definition) is 0. The van der Waals surface area contributed by atoms with Crippen molar-refractivity contribution in [2.24, 2.45) is 5.92 Å². The van der Waals surface area contributed by atoms with Gasteiger partial charge in [0.15, 0.2) is 0 Å². The summed E-state index contributed by atoms with van der Waals surface area (Å²) >= 11 is 3.55. The van der Waals surface area contributed by atoms with Gasteiger partial charge in [0, 0.05) is 18.4 Å². The van der Waals surface area contributed by atoms with Gasteiger partial charge in [-0.3, -0.25) is 4.79 Å². The minimum absolute atomic E-state index is 0.263. The Kier molecular flexibility index (Phi) is 4.59. The van der Waals surface area contributed by atoms with Crippen LogP contribution >= 0.6 is 15.9 Å². The van der Waals surface area contributed by atoms with Crippen LogP contribution in [-0.4, -0.2) is 29.2 Å². The highest BCUT2D eigenvalue weighted by Crippen LogP contribution is 2.22. The first-order chi connectivity index (χ1) is 10.3. The highest BCUT2D eigenvalue weighted by Gasteiger charge is 2.22. The van der Waals surface area contributed by atoms with Crippen molar-refractivity contribution < 1.29 is 4.79 Å². The van der Waals surface area contributed by atoms with Crippen LogP contribution in [0, 0.1) is 5.92 Å². The smallest absolute Gasteiger partial charge is 0.227 e. The fraction of sp³-hybridized carbons (Fsp3) is 0.389. The SMILES string of the molecule is O=C(Cc1cccc2ccccc12)N1CCC(CBr)CC1. The number of halogens is 1. The van der Waals surface area contributed by atoms with E-state index in [0.717, 1.165) is 42.7 Å². The van der Waals surface area contributed by atoms with Crippen LogP contribution in [-0.2, 0) is 11.2 Å². The van der Waals surface area contributed by atoms with Gasteiger partial charge < -0.3 is 4.90 Å². The Labute approximate surface area is 134 Å². The molecule has 0 radical (unpaired) electrons. The molecular weight excluding hydrogens is 326 g/mol. The van der Waals surface area contributed by atoms with Gasteiger partial charge in [-0.15, -0.1) is 0 Å². The predicted molar refractivity (Wildman–Crippen MR) is 90.8 cm³/mol. The molecule has 0 aliphatic carbocycles. The first-order valence-electron chi connectivity index (χ1n) is 7.58. The number of rotatable bonds is 3. The molecule has 2 nitrogen and oxygen atoms in total. The van der Waals surface area contributed by atoms with Crippen molar-refractivity contribution in [2.75, 3.05) is 18.4 Å². The number of hydrogen-bond acceptors (Lipinski definition) is 1. The summed E-state index contributed by atoms with van der Waals surface area (Å²) in [5, 5.41) is 3.46. The summed E-state index contributed by atoms with van der Waals surface area (Å²) in [7, 11) is 0. The first-order valence-corrected chi connectivity index (χ1v) is 8.70. The summed E-state index contributed by atoms with van der Waals surface area (Å²) in [5.41, 5.74) is 1.14. The lowest BCUT2D eigenvalue weighted by atomic mass is 9.97. The molecule has 1 aliphatic heterocycles. The molecule has 21 heavy (non-hydrogen) atoms. The molecule has 3 rings (SSSR count). The maximum Gasteiger partial charge on any atom is 0.227 e. The third-order valence-electron chi connectivity index (χ3n) is 4.41. The molecule has 0 atom stereocenters. The standard InChI is InChI=1S/C18H20BrNO/c19-13-14-8-10-20(11-9-14)18(21)12-16-6-3-5-15-4-1-2-7-17(15)16/h1-7,14H,8-13H2. The second-order valence-corrected chi connectivity index (χ2v) is 6.44. The van der Waals surface area contributed by atoms with E-state index in [0.29, 0.717) is 6.42 Å². The van der Waals surface area contributed by atoms with Crippen molar-refractivity contribution in [3.05, 3.63) is 48.0 Å². The average Bonchev–Trinajstić information content (AvgIpc) is 2.55. The summed E-state index contributed by atoms with van der Waals surface area (Å²) in [4.78, 5) is 14.5. The van der Waals surface area contributed by atoms with Gasteiger partial charge in [0.2, 0.25) is 5.91 Å². The van der Waals surface area contributed by atoms with Gasteiger partial charge in [-0.05, 0) is 35.1 Å². The number of alkyl halides is 1. The first kappa shape index (κ1) is 14.6.